The number of benzene rings is 1. The summed E-state index contributed by atoms with van der Waals surface area (Å²) in [6.07, 6.45) is 6.69. The maximum atomic E-state index is 14.1. The van der Waals surface area contributed by atoms with Gasteiger partial charge < -0.3 is 15.2 Å². The van der Waals surface area contributed by atoms with Crippen molar-refractivity contribution in [2.24, 2.45) is 17.8 Å². The summed E-state index contributed by atoms with van der Waals surface area (Å²) in [7, 11) is -3.71. The highest BCUT2D eigenvalue weighted by molar-refractivity contribution is 7.92. The normalized spacial score (nSPS) is 17.5. The van der Waals surface area contributed by atoms with E-state index in [1.165, 1.54) is 11.3 Å². The number of sulfone groups is 1. The molecule has 11 heteroatoms. The van der Waals surface area contributed by atoms with E-state index in [9.17, 15) is 28.2 Å². The summed E-state index contributed by atoms with van der Waals surface area (Å²) < 4.78 is 25.6. The molecule has 44 heavy (non-hydrogen) atoms. The number of rotatable bonds is 14. The fraction of sp³-hybridized carbons (Fsp3) is 0.667. The molecule has 1 aromatic heterocycles. The van der Waals surface area contributed by atoms with Gasteiger partial charge in [0.2, 0.25) is 11.8 Å². The first-order valence-electron chi connectivity index (χ1n) is 15.9. The van der Waals surface area contributed by atoms with Crippen molar-refractivity contribution in [2.45, 2.75) is 115 Å². The molecule has 0 radical (unpaired) electrons. The number of aliphatic hydroxyl groups excluding tert-OH is 2. The predicted molar refractivity (Wildman–Crippen MR) is 171 cm³/mol. The van der Waals surface area contributed by atoms with Gasteiger partial charge in [-0.3, -0.25) is 15.0 Å². The number of H-pyrrole nitrogens is 1. The van der Waals surface area contributed by atoms with E-state index < -0.39 is 56.3 Å². The Bertz CT molecular complexity index is 1270. The van der Waals surface area contributed by atoms with Gasteiger partial charge >= 0.3 is 0 Å². The fourth-order valence-electron chi connectivity index (χ4n) is 5.75. The number of aromatic nitrogens is 2. The Labute approximate surface area is 262 Å². The average Bonchev–Trinajstić information content (AvgIpc) is 3.50. The van der Waals surface area contributed by atoms with Crippen LogP contribution in [-0.2, 0) is 32.3 Å². The van der Waals surface area contributed by atoms with Crippen molar-refractivity contribution < 1.29 is 28.2 Å². The first-order chi connectivity index (χ1) is 20.7. The van der Waals surface area contributed by atoms with Gasteiger partial charge in [-0.15, -0.1) is 0 Å². The van der Waals surface area contributed by atoms with Crippen molar-refractivity contribution in [3.05, 3.63) is 54.1 Å². The summed E-state index contributed by atoms with van der Waals surface area (Å²) in [5.74, 6) is -2.52. The number of hydrogen-bond acceptors (Lipinski definition) is 7. The van der Waals surface area contributed by atoms with Crippen molar-refractivity contribution >= 4 is 21.7 Å². The van der Waals surface area contributed by atoms with Crippen LogP contribution in [0.4, 0.5) is 0 Å². The Morgan fingerprint density at radius 1 is 1.07 bits per heavy atom. The maximum absolute atomic E-state index is 14.1. The van der Waals surface area contributed by atoms with Gasteiger partial charge in [0.15, 0.2) is 9.84 Å². The molecule has 0 saturated heterocycles. The van der Waals surface area contributed by atoms with E-state index in [0.717, 1.165) is 43.4 Å². The number of amides is 2. The number of hydrogen-bond donors (Lipinski definition) is 4. The SMILES string of the molecule is CC(C)[C@H](O)[C@H](O)[C@H](CC1CCCCC1)N(NC(=O)[C@H](Cc1ccccc1)CS(=O)(=O)C(C)(C)C)C(=O)CCc1cnc[nH]1. The van der Waals surface area contributed by atoms with Gasteiger partial charge in [0.05, 0.1) is 34.9 Å². The van der Waals surface area contributed by atoms with Crippen molar-refractivity contribution in [3.8, 4) is 0 Å². The van der Waals surface area contributed by atoms with Crippen LogP contribution in [0.15, 0.2) is 42.9 Å². The second-order valence-corrected chi connectivity index (χ2v) is 16.4. The Morgan fingerprint density at radius 2 is 1.73 bits per heavy atom. The number of aliphatic hydroxyl groups is 2. The molecule has 3 rings (SSSR count). The van der Waals surface area contributed by atoms with E-state index in [1.54, 1.807) is 40.8 Å². The number of aromatic amines is 1. The average molecular weight is 633 g/mol. The van der Waals surface area contributed by atoms with Crippen LogP contribution >= 0.6 is 0 Å². The Hall–Kier alpha value is -2.76. The van der Waals surface area contributed by atoms with Gasteiger partial charge in [0.1, 0.15) is 6.10 Å². The van der Waals surface area contributed by atoms with Gasteiger partial charge in [-0.05, 0) is 57.4 Å². The lowest BCUT2D eigenvalue weighted by atomic mass is 9.82. The largest absolute Gasteiger partial charge is 0.390 e. The summed E-state index contributed by atoms with van der Waals surface area (Å²) in [5.41, 5.74) is 4.33. The molecule has 246 valence electrons. The molecule has 1 aromatic carbocycles. The molecule has 2 amide bonds. The monoisotopic (exact) mass is 632 g/mol. The zero-order valence-corrected chi connectivity index (χ0v) is 27.7. The Morgan fingerprint density at radius 3 is 2.30 bits per heavy atom. The van der Waals surface area contributed by atoms with Crippen LogP contribution in [-0.4, -0.2) is 74.2 Å². The van der Waals surface area contributed by atoms with Crippen LogP contribution in [0.25, 0.3) is 0 Å². The standard InChI is InChI=1S/C33H52N4O6S/c1-23(2)30(39)31(40)28(19-25-14-10-7-11-15-25)37(29(38)17-16-27-20-34-22-35-27)36-32(41)26(18-24-12-8-6-9-13-24)21-44(42,43)33(3,4)5/h6,8-9,12-13,20,22-23,25-26,28,30-31,39-40H,7,10-11,14-19,21H2,1-5H3,(H,34,35)(H,36,41)/t26-,28+,30+,31-/m1/s1. The number of carbonyl (C=O) groups is 2. The first-order valence-corrected chi connectivity index (χ1v) is 17.6. The fourth-order valence-corrected chi connectivity index (χ4v) is 7.05. The summed E-state index contributed by atoms with van der Waals surface area (Å²) in [6.45, 7) is 8.41. The van der Waals surface area contributed by atoms with Gasteiger partial charge in [-0.1, -0.05) is 76.3 Å². The molecular weight excluding hydrogens is 580 g/mol. The Kier molecular flexibility index (Phi) is 13.0. The number of hydrazine groups is 1. The van der Waals surface area contributed by atoms with Crippen LogP contribution in [0, 0.1) is 17.8 Å². The highest BCUT2D eigenvalue weighted by atomic mass is 32.2. The van der Waals surface area contributed by atoms with Crippen molar-refractivity contribution in [1.82, 2.24) is 20.4 Å². The number of carbonyl (C=O) groups excluding carboxylic acids is 2. The van der Waals surface area contributed by atoms with Crippen molar-refractivity contribution in [1.29, 1.82) is 0 Å². The van der Waals surface area contributed by atoms with Crippen LogP contribution in [0.5, 0.6) is 0 Å². The zero-order valence-electron chi connectivity index (χ0n) is 26.9. The van der Waals surface area contributed by atoms with E-state index in [1.807, 2.05) is 30.3 Å². The summed E-state index contributed by atoms with van der Waals surface area (Å²) >= 11 is 0. The molecule has 1 fully saturated rings. The topological polar surface area (TPSA) is 153 Å². The molecule has 2 aromatic rings. The second-order valence-electron chi connectivity index (χ2n) is 13.6. The van der Waals surface area contributed by atoms with E-state index in [-0.39, 0.29) is 24.7 Å². The molecule has 1 heterocycles. The first kappa shape index (κ1) is 35.7. The molecule has 1 saturated carbocycles. The Balaban J connectivity index is 1.99. The van der Waals surface area contributed by atoms with Gasteiger partial charge in [-0.2, -0.15) is 0 Å². The molecule has 4 atom stereocenters. The molecule has 1 aliphatic carbocycles. The van der Waals surface area contributed by atoms with Crippen LogP contribution in [0.1, 0.15) is 90.8 Å². The highest BCUT2D eigenvalue weighted by Crippen LogP contribution is 2.31. The lowest BCUT2D eigenvalue weighted by molar-refractivity contribution is -0.154. The molecule has 4 N–H and O–H groups in total. The second kappa shape index (κ2) is 16.0. The smallest absolute Gasteiger partial charge is 0.243 e. The number of aryl methyl sites for hydroxylation is 1. The summed E-state index contributed by atoms with van der Waals surface area (Å²) in [4.78, 5) is 35.0. The summed E-state index contributed by atoms with van der Waals surface area (Å²) in [5, 5.41) is 23.7. The van der Waals surface area contributed by atoms with Gasteiger partial charge in [-0.25, -0.2) is 18.4 Å². The summed E-state index contributed by atoms with van der Waals surface area (Å²) in [6, 6.07) is 8.29. The predicted octanol–water partition coefficient (Wildman–Crippen LogP) is 3.99. The van der Waals surface area contributed by atoms with Crippen molar-refractivity contribution in [2.75, 3.05) is 5.75 Å². The van der Waals surface area contributed by atoms with Crippen LogP contribution < -0.4 is 5.43 Å². The third-order valence-corrected chi connectivity index (χ3v) is 11.5. The van der Waals surface area contributed by atoms with Gasteiger partial charge in [0, 0.05) is 18.3 Å². The molecule has 0 aliphatic heterocycles. The molecule has 0 unspecified atom stereocenters. The minimum absolute atomic E-state index is 0.0117. The minimum atomic E-state index is -3.71. The number of nitrogens with one attached hydrogen (secondary N) is 2. The van der Waals surface area contributed by atoms with Crippen molar-refractivity contribution in [3.63, 3.8) is 0 Å². The molecule has 1 aliphatic rings. The quantitative estimate of drug-likeness (QED) is 0.230. The third kappa shape index (κ3) is 10.1. The van der Waals surface area contributed by atoms with Crippen LogP contribution in [0.2, 0.25) is 0 Å². The number of imidazole rings is 1. The lowest BCUT2D eigenvalue weighted by Gasteiger charge is -2.40. The zero-order chi connectivity index (χ0) is 32.5. The lowest BCUT2D eigenvalue weighted by Crippen LogP contribution is -2.60. The van der Waals surface area contributed by atoms with E-state index in [4.69, 9.17) is 0 Å². The molecule has 0 spiro atoms. The molecular formula is C33H52N4O6S. The maximum Gasteiger partial charge on any atom is 0.243 e. The van der Waals surface area contributed by atoms with Gasteiger partial charge in [0.25, 0.3) is 0 Å². The van der Waals surface area contributed by atoms with E-state index >= 15 is 0 Å². The van der Waals surface area contributed by atoms with Crippen LogP contribution in [0.3, 0.4) is 0 Å². The minimum Gasteiger partial charge on any atom is -0.390 e. The highest BCUT2D eigenvalue weighted by Gasteiger charge is 2.40. The number of nitrogens with zero attached hydrogens (tertiary/aromatic N) is 2. The molecule has 0 bridgehead atoms. The third-order valence-electron chi connectivity index (χ3n) is 8.77. The molecule has 10 nitrogen and oxygen atoms in total. The van der Waals surface area contributed by atoms with E-state index in [0.29, 0.717) is 12.8 Å². The van der Waals surface area contributed by atoms with E-state index in [2.05, 4.69) is 15.4 Å².